The maximum atomic E-state index is 9.31. The number of nitrogens with zero attached hydrogens (tertiary/aromatic N) is 3. The van der Waals surface area contributed by atoms with Crippen LogP contribution < -0.4 is 10.6 Å². The van der Waals surface area contributed by atoms with Crippen LogP contribution in [0.1, 0.15) is 6.42 Å². The first-order chi connectivity index (χ1) is 6.25. The number of aliphatic hydroxyl groups excluding tert-OH is 1. The summed E-state index contributed by atoms with van der Waals surface area (Å²) < 4.78 is 0. The van der Waals surface area contributed by atoms with E-state index in [4.69, 9.17) is 5.73 Å². The Morgan fingerprint density at radius 3 is 3.00 bits per heavy atom. The van der Waals surface area contributed by atoms with Gasteiger partial charge in [-0.25, -0.2) is 4.98 Å². The molecule has 0 unspecified atom stereocenters. The van der Waals surface area contributed by atoms with Crippen molar-refractivity contribution in [2.75, 3.05) is 23.7 Å². The average Bonchev–Trinajstić information content (AvgIpc) is 2.52. The molecule has 3 N–H and O–H groups in total. The van der Waals surface area contributed by atoms with Crippen LogP contribution in [-0.2, 0) is 0 Å². The molecule has 1 aromatic heterocycles. The topological polar surface area (TPSA) is 75.3 Å². The van der Waals surface area contributed by atoms with Crippen LogP contribution in [0.2, 0.25) is 0 Å². The van der Waals surface area contributed by atoms with Gasteiger partial charge in [0.1, 0.15) is 11.6 Å². The van der Waals surface area contributed by atoms with E-state index >= 15 is 0 Å². The van der Waals surface area contributed by atoms with Gasteiger partial charge in [-0.3, -0.25) is 4.98 Å². The lowest BCUT2D eigenvalue weighted by atomic mass is 10.3. The fourth-order valence-electron chi connectivity index (χ4n) is 1.47. The molecule has 1 aliphatic rings. The molecule has 5 nitrogen and oxygen atoms in total. The van der Waals surface area contributed by atoms with Gasteiger partial charge in [0.05, 0.1) is 18.5 Å². The van der Waals surface area contributed by atoms with Gasteiger partial charge in [0.25, 0.3) is 0 Å². The maximum Gasteiger partial charge on any atom is 0.149 e. The highest BCUT2D eigenvalue weighted by molar-refractivity contribution is 5.42. The van der Waals surface area contributed by atoms with Gasteiger partial charge in [-0.15, -0.1) is 0 Å². The molecule has 0 aliphatic carbocycles. The first-order valence-electron chi connectivity index (χ1n) is 4.26. The molecule has 1 fully saturated rings. The largest absolute Gasteiger partial charge is 0.391 e. The van der Waals surface area contributed by atoms with Crippen molar-refractivity contribution in [3.05, 3.63) is 12.4 Å². The first-order valence-corrected chi connectivity index (χ1v) is 4.26. The summed E-state index contributed by atoms with van der Waals surface area (Å²) in [5.74, 6) is 1.16. The zero-order valence-electron chi connectivity index (χ0n) is 7.22. The predicted molar refractivity (Wildman–Crippen MR) is 49.3 cm³/mol. The van der Waals surface area contributed by atoms with E-state index in [0.717, 1.165) is 18.8 Å². The zero-order chi connectivity index (χ0) is 9.26. The van der Waals surface area contributed by atoms with Crippen molar-refractivity contribution in [1.82, 2.24) is 9.97 Å². The van der Waals surface area contributed by atoms with Crippen LogP contribution in [0.5, 0.6) is 0 Å². The van der Waals surface area contributed by atoms with Crippen molar-refractivity contribution in [2.45, 2.75) is 12.5 Å². The van der Waals surface area contributed by atoms with Gasteiger partial charge in [-0.05, 0) is 6.42 Å². The van der Waals surface area contributed by atoms with Gasteiger partial charge < -0.3 is 15.7 Å². The van der Waals surface area contributed by atoms with E-state index in [1.165, 1.54) is 6.20 Å². The average molecular weight is 180 g/mol. The summed E-state index contributed by atoms with van der Waals surface area (Å²) in [6.07, 6.45) is 3.71. The van der Waals surface area contributed by atoms with Crippen LogP contribution in [0.25, 0.3) is 0 Å². The summed E-state index contributed by atoms with van der Waals surface area (Å²) >= 11 is 0. The maximum absolute atomic E-state index is 9.31. The van der Waals surface area contributed by atoms with Crippen molar-refractivity contribution in [1.29, 1.82) is 0 Å². The fourth-order valence-corrected chi connectivity index (χ4v) is 1.47. The third-order valence-corrected chi connectivity index (χ3v) is 2.13. The van der Waals surface area contributed by atoms with Gasteiger partial charge in [0.2, 0.25) is 0 Å². The van der Waals surface area contributed by atoms with E-state index in [9.17, 15) is 5.11 Å². The second-order valence-electron chi connectivity index (χ2n) is 3.19. The second-order valence-corrected chi connectivity index (χ2v) is 3.19. The number of anilines is 2. The second kappa shape index (κ2) is 3.18. The smallest absolute Gasteiger partial charge is 0.149 e. The van der Waals surface area contributed by atoms with Gasteiger partial charge in [0.15, 0.2) is 0 Å². The monoisotopic (exact) mass is 180 g/mol. The van der Waals surface area contributed by atoms with Crippen molar-refractivity contribution in [2.24, 2.45) is 0 Å². The van der Waals surface area contributed by atoms with Crippen LogP contribution >= 0.6 is 0 Å². The molecular weight excluding hydrogens is 168 g/mol. The molecule has 0 amide bonds. The minimum atomic E-state index is -0.247. The molecule has 0 radical (unpaired) electrons. The third kappa shape index (κ3) is 1.70. The van der Waals surface area contributed by atoms with E-state index in [1.807, 2.05) is 4.90 Å². The third-order valence-electron chi connectivity index (χ3n) is 2.13. The Kier molecular flexibility index (Phi) is 2.02. The molecule has 5 heteroatoms. The van der Waals surface area contributed by atoms with Crippen LogP contribution in [0.3, 0.4) is 0 Å². The summed E-state index contributed by atoms with van der Waals surface area (Å²) in [6, 6.07) is 0. The van der Waals surface area contributed by atoms with Gasteiger partial charge in [0, 0.05) is 13.1 Å². The van der Waals surface area contributed by atoms with Gasteiger partial charge >= 0.3 is 0 Å². The number of nitrogens with two attached hydrogens (primary N) is 1. The number of hydrogen-bond acceptors (Lipinski definition) is 5. The number of hydrogen-bond donors (Lipinski definition) is 2. The number of aliphatic hydroxyl groups is 1. The highest BCUT2D eigenvalue weighted by Gasteiger charge is 2.21. The minimum Gasteiger partial charge on any atom is -0.391 e. The first kappa shape index (κ1) is 8.25. The lowest BCUT2D eigenvalue weighted by molar-refractivity contribution is 0.198. The Morgan fingerprint density at radius 2 is 2.38 bits per heavy atom. The molecule has 13 heavy (non-hydrogen) atoms. The Hall–Kier alpha value is -1.36. The van der Waals surface area contributed by atoms with Crippen LogP contribution in [-0.4, -0.2) is 34.3 Å². The van der Waals surface area contributed by atoms with E-state index in [1.54, 1.807) is 6.20 Å². The van der Waals surface area contributed by atoms with Crippen molar-refractivity contribution in [3.8, 4) is 0 Å². The summed E-state index contributed by atoms with van der Waals surface area (Å²) in [5, 5.41) is 9.31. The molecule has 0 spiro atoms. The van der Waals surface area contributed by atoms with Crippen molar-refractivity contribution in [3.63, 3.8) is 0 Å². The van der Waals surface area contributed by atoms with Gasteiger partial charge in [-0.1, -0.05) is 0 Å². The number of nitrogen functional groups attached to an aromatic ring is 1. The number of rotatable bonds is 1. The fraction of sp³-hybridized carbons (Fsp3) is 0.500. The van der Waals surface area contributed by atoms with Crippen molar-refractivity contribution < 1.29 is 5.11 Å². The molecule has 1 aliphatic heterocycles. The van der Waals surface area contributed by atoms with E-state index in [0.29, 0.717) is 12.4 Å². The Balaban J connectivity index is 2.16. The molecule has 1 saturated heterocycles. The molecule has 0 aromatic carbocycles. The normalized spacial score (nSPS) is 22.2. The predicted octanol–water partition coefficient (Wildman–Crippen LogP) is -0.370. The molecule has 70 valence electrons. The molecule has 0 saturated carbocycles. The lowest BCUT2D eigenvalue weighted by Crippen LogP contribution is -2.22. The van der Waals surface area contributed by atoms with Crippen molar-refractivity contribution >= 4 is 11.6 Å². The van der Waals surface area contributed by atoms with E-state index < -0.39 is 0 Å². The molecule has 2 rings (SSSR count). The Morgan fingerprint density at radius 1 is 1.54 bits per heavy atom. The minimum absolute atomic E-state index is 0.247. The molecule has 1 atom stereocenters. The SMILES string of the molecule is Nc1cncc(N2CC[C@H](O)C2)n1. The number of β-amino-alcohol motifs (C(OH)–C–C–N with tert-alkyl or cyclic N) is 1. The molecule has 2 heterocycles. The van der Waals surface area contributed by atoms with Gasteiger partial charge in [-0.2, -0.15) is 0 Å². The Labute approximate surface area is 76.2 Å². The van der Waals surface area contributed by atoms with E-state index in [-0.39, 0.29) is 6.10 Å². The summed E-state index contributed by atoms with van der Waals surface area (Å²) in [7, 11) is 0. The summed E-state index contributed by atoms with van der Waals surface area (Å²) in [5.41, 5.74) is 5.50. The summed E-state index contributed by atoms with van der Waals surface area (Å²) in [6.45, 7) is 1.44. The van der Waals surface area contributed by atoms with Crippen LogP contribution in [0, 0.1) is 0 Å². The zero-order valence-corrected chi connectivity index (χ0v) is 7.22. The number of aromatic nitrogens is 2. The highest BCUT2D eigenvalue weighted by atomic mass is 16.3. The molecule has 1 aromatic rings. The Bertz CT molecular complexity index is 304. The van der Waals surface area contributed by atoms with Crippen LogP contribution in [0.15, 0.2) is 12.4 Å². The molecule has 0 bridgehead atoms. The van der Waals surface area contributed by atoms with Crippen LogP contribution in [0.4, 0.5) is 11.6 Å². The standard InChI is InChI=1S/C8H12N4O/c9-7-3-10-4-8(11-7)12-2-1-6(13)5-12/h3-4,6,13H,1-2,5H2,(H2,9,11)/t6-/m0/s1. The highest BCUT2D eigenvalue weighted by Crippen LogP contribution is 2.17. The quantitative estimate of drug-likeness (QED) is 0.616. The lowest BCUT2D eigenvalue weighted by Gasteiger charge is -2.15. The van der Waals surface area contributed by atoms with E-state index in [2.05, 4.69) is 9.97 Å². The summed E-state index contributed by atoms with van der Waals surface area (Å²) in [4.78, 5) is 10.0. The molecular formula is C8H12N4O.